The topological polar surface area (TPSA) is 3.24 Å². The first kappa shape index (κ1) is 14.0. The van der Waals surface area contributed by atoms with E-state index in [0.29, 0.717) is 11.0 Å². The molecule has 1 atom stereocenters. The molecule has 1 fully saturated rings. The molecule has 1 aliphatic rings. The van der Waals surface area contributed by atoms with Crippen LogP contribution in [0.5, 0.6) is 0 Å². The number of hydrogen-bond acceptors (Lipinski definition) is 1. The molecular weight excluding hydrogens is 194 g/mol. The second-order valence-electron chi connectivity index (χ2n) is 7.72. The normalized spacial score (nSPS) is 25.5. The first-order valence-corrected chi connectivity index (χ1v) is 6.93. The van der Waals surface area contributed by atoms with Crippen molar-refractivity contribution in [1.29, 1.82) is 0 Å². The SMILES string of the molecule is CC(C)(C)CC1CCCN(C(C)(C)C)CC1. The van der Waals surface area contributed by atoms with Crippen molar-refractivity contribution in [2.24, 2.45) is 11.3 Å². The van der Waals surface area contributed by atoms with Crippen LogP contribution in [0.2, 0.25) is 0 Å². The van der Waals surface area contributed by atoms with Gasteiger partial charge in [0.05, 0.1) is 0 Å². The Labute approximate surface area is 103 Å². The molecule has 0 bridgehead atoms. The lowest BCUT2D eigenvalue weighted by molar-refractivity contribution is 0.139. The molecule has 16 heavy (non-hydrogen) atoms. The highest BCUT2D eigenvalue weighted by atomic mass is 15.2. The Bertz CT molecular complexity index is 206. The van der Waals surface area contributed by atoms with E-state index in [1.54, 1.807) is 0 Å². The molecule has 1 unspecified atom stereocenters. The smallest absolute Gasteiger partial charge is 0.0125 e. The molecule has 0 aliphatic carbocycles. The maximum absolute atomic E-state index is 2.66. The van der Waals surface area contributed by atoms with Crippen LogP contribution in [0.25, 0.3) is 0 Å². The van der Waals surface area contributed by atoms with Crippen molar-refractivity contribution in [2.75, 3.05) is 13.1 Å². The summed E-state index contributed by atoms with van der Waals surface area (Å²) in [7, 11) is 0. The minimum atomic E-state index is 0.358. The average Bonchev–Trinajstić information content (AvgIpc) is 2.25. The van der Waals surface area contributed by atoms with Crippen LogP contribution in [0.1, 0.15) is 67.2 Å². The molecule has 0 radical (unpaired) electrons. The van der Waals surface area contributed by atoms with Gasteiger partial charge in [0.2, 0.25) is 0 Å². The predicted octanol–water partition coefficient (Wildman–Crippen LogP) is 4.32. The lowest BCUT2D eigenvalue weighted by Crippen LogP contribution is -2.41. The molecule has 0 N–H and O–H groups in total. The highest BCUT2D eigenvalue weighted by Gasteiger charge is 2.26. The zero-order chi connectivity index (χ0) is 12.4. The van der Waals surface area contributed by atoms with Crippen LogP contribution < -0.4 is 0 Å². The molecule has 0 spiro atoms. The van der Waals surface area contributed by atoms with Gasteiger partial charge in [0.25, 0.3) is 0 Å². The van der Waals surface area contributed by atoms with E-state index in [1.807, 2.05) is 0 Å². The first-order chi connectivity index (χ1) is 7.18. The molecule has 1 aliphatic heterocycles. The summed E-state index contributed by atoms with van der Waals surface area (Å²) in [5.41, 5.74) is 0.859. The van der Waals surface area contributed by atoms with Crippen molar-refractivity contribution in [3.63, 3.8) is 0 Å². The Morgan fingerprint density at radius 1 is 0.938 bits per heavy atom. The summed E-state index contributed by atoms with van der Waals surface area (Å²) in [6.45, 7) is 16.7. The standard InChI is InChI=1S/C15H31N/c1-14(2,3)12-13-8-7-10-16(11-9-13)15(4,5)6/h13H,7-12H2,1-6H3. The largest absolute Gasteiger partial charge is 0.298 e. The van der Waals surface area contributed by atoms with Crippen LogP contribution in [-0.4, -0.2) is 23.5 Å². The molecule has 1 heterocycles. The van der Waals surface area contributed by atoms with Crippen LogP contribution in [0, 0.1) is 11.3 Å². The summed E-state index contributed by atoms with van der Waals surface area (Å²) < 4.78 is 0. The third-order valence-corrected chi connectivity index (χ3v) is 3.70. The molecule has 1 saturated heterocycles. The van der Waals surface area contributed by atoms with Gasteiger partial charge in [0.15, 0.2) is 0 Å². The third-order valence-electron chi connectivity index (χ3n) is 3.70. The van der Waals surface area contributed by atoms with E-state index in [4.69, 9.17) is 0 Å². The van der Waals surface area contributed by atoms with E-state index in [2.05, 4.69) is 46.4 Å². The molecule has 0 aromatic carbocycles. The van der Waals surface area contributed by atoms with Crippen molar-refractivity contribution in [1.82, 2.24) is 4.90 Å². The van der Waals surface area contributed by atoms with Crippen LogP contribution >= 0.6 is 0 Å². The Morgan fingerprint density at radius 3 is 2.06 bits per heavy atom. The lowest BCUT2D eigenvalue weighted by atomic mass is 9.81. The van der Waals surface area contributed by atoms with Gasteiger partial charge in [-0.15, -0.1) is 0 Å². The minimum Gasteiger partial charge on any atom is -0.298 e. The molecule has 0 amide bonds. The van der Waals surface area contributed by atoms with Gasteiger partial charge >= 0.3 is 0 Å². The quantitative estimate of drug-likeness (QED) is 0.642. The number of hydrogen-bond donors (Lipinski definition) is 0. The zero-order valence-electron chi connectivity index (χ0n) is 12.3. The highest BCUT2D eigenvalue weighted by molar-refractivity contribution is 4.81. The van der Waals surface area contributed by atoms with Gasteiger partial charge in [-0.3, -0.25) is 4.90 Å². The van der Waals surface area contributed by atoms with Crippen molar-refractivity contribution in [3.05, 3.63) is 0 Å². The Morgan fingerprint density at radius 2 is 1.56 bits per heavy atom. The van der Waals surface area contributed by atoms with E-state index in [1.165, 1.54) is 38.8 Å². The summed E-state index contributed by atoms with van der Waals surface area (Å²) in [5.74, 6) is 0.951. The maximum Gasteiger partial charge on any atom is 0.0125 e. The van der Waals surface area contributed by atoms with Gasteiger partial charge in [-0.05, 0) is 70.9 Å². The van der Waals surface area contributed by atoms with Gasteiger partial charge < -0.3 is 0 Å². The molecule has 1 rings (SSSR count). The Balaban J connectivity index is 2.47. The Hall–Kier alpha value is -0.0400. The van der Waals surface area contributed by atoms with Crippen LogP contribution in [-0.2, 0) is 0 Å². The molecule has 96 valence electrons. The van der Waals surface area contributed by atoms with Crippen LogP contribution in [0.15, 0.2) is 0 Å². The maximum atomic E-state index is 2.66. The van der Waals surface area contributed by atoms with Crippen molar-refractivity contribution >= 4 is 0 Å². The fraction of sp³-hybridized carbons (Fsp3) is 1.00. The number of rotatable bonds is 1. The molecule has 0 aromatic rings. The van der Waals surface area contributed by atoms with E-state index in [9.17, 15) is 0 Å². The zero-order valence-corrected chi connectivity index (χ0v) is 12.3. The molecule has 1 nitrogen and oxygen atoms in total. The summed E-state index contributed by atoms with van der Waals surface area (Å²) in [6, 6.07) is 0. The fourth-order valence-corrected chi connectivity index (χ4v) is 2.91. The minimum absolute atomic E-state index is 0.358. The summed E-state index contributed by atoms with van der Waals surface area (Å²) in [5, 5.41) is 0. The summed E-state index contributed by atoms with van der Waals surface area (Å²) >= 11 is 0. The van der Waals surface area contributed by atoms with Crippen LogP contribution in [0.4, 0.5) is 0 Å². The average molecular weight is 225 g/mol. The molecule has 0 aromatic heterocycles. The molecule has 1 heteroatoms. The summed E-state index contributed by atoms with van der Waals surface area (Å²) in [4.78, 5) is 2.66. The fourth-order valence-electron chi connectivity index (χ4n) is 2.91. The summed E-state index contributed by atoms with van der Waals surface area (Å²) in [6.07, 6.45) is 5.61. The number of nitrogens with zero attached hydrogens (tertiary/aromatic N) is 1. The monoisotopic (exact) mass is 225 g/mol. The van der Waals surface area contributed by atoms with E-state index in [0.717, 1.165) is 5.92 Å². The third kappa shape index (κ3) is 4.86. The second kappa shape index (κ2) is 5.08. The van der Waals surface area contributed by atoms with Gasteiger partial charge in [-0.1, -0.05) is 20.8 Å². The lowest BCUT2D eigenvalue weighted by Gasteiger charge is -2.34. The second-order valence-corrected chi connectivity index (χ2v) is 7.72. The van der Waals surface area contributed by atoms with Crippen molar-refractivity contribution in [3.8, 4) is 0 Å². The van der Waals surface area contributed by atoms with Gasteiger partial charge in [-0.25, -0.2) is 0 Å². The van der Waals surface area contributed by atoms with Crippen LogP contribution in [0.3, 0.4) is 0 Å². The number of likely N-dealkylation sites (tertiary alicyclic amines) is 1. The van der Waals surface area contributed by atoms with Crippen molar-refractivity contribution < 1.29 is 0 Å². The predicted molar refractivity (Wildman–Crippen MR) is 72.7 cm³/mol. The van der Waals surface area contributed by atoms with E-state index in [-0.39, 0.29) is 0 Å². The highest BCUT2D eigenvalue weighted by Crippen LogP contribution is 2.32. The molecular formula is C15H31N. The van der Waals surface area contributed by atoms with E-state index < -0.39 is 0 Å². The van der Waals surface area contributed by atoms with Gasteiger partial charge in [0, 0.05) is 5.54 Å². The van der Waals surface area contributed by atoms with E-state index >= 15 is 0 Å². The van der Waals surface area contributed by atoms with Gasteiger partial charge in [-0.2, -0.15) is 0 Å². The van der Waals surface area contributed by atoms with Crippen molar-refractivity contribution in [2.45, 2.75) is 72.8 Å². The molecule has 0 saturated carbocycles. The van der Waals surface area contributed by atoms with Gasteiger partial charge in [0.1, 0.15) is 0 Å². The Kier molecular flexibility index (Phi) is 4.45. The first-order valence-electron chi connectivity index (χ1n) is 6.93.